The van der Waals surface area contributed by atoms with Crippen LogP contribution in [0, 0.1) is 24.7 Å². The summed E-state index contributed by atoms with van der Waals surface area (Å²) in [6.07, 6.45) is 8.19. The minimum Gasteiger partial charge on any atom is -0.426 e. The molecule has 132 valence electrons. The fourth-order valence-electron chi connectivity index (χ4n) is 4.30. The zero-order valence-corrected chi connectivity index (χ0v) is 15.0. The smallest absolute Gasteiger partial charge is 0.314 e. The first-order chi connectivity index (χ1) is 11.7. The molecule has 0 bridgehead atoms. The van der Waals surface area contributed by atoms with Crippen molar-refractivity contribution in [3.8, 4) is 5.75 Å². The van der Waals surface area contributed by atoms with Gasteiger partial charge in [0.25, 0.3) is 0 Å². The van der Waals surface area contributed by atoms with Crippen LogP contribution in [0.2, 0.25) is 0 Å². The SMILES string of the molecule is CCCOC1CCC2CC(C(=O)Oc3ccc(C)cc3)CCC2C1. The van der Waals surface area contributed by atoms with Gasteiger partial charge in [-0.15, -0.1) is 0 Å². The average Bonchev–Trinajstić information content (AvgIpc) is 2.61. The summed E-state index contributed by atoms with van der Waals surface area (Å²) >= 11 is 0. The third-order valence-electron chi connectivity index (χ3n) is 5.70. The number of ether oxygens (including phenoxy) is 2. The summed E-state index contributed by atoms with van der Waals surface area (Å²) in [6, 6.07) is 7.73. The van der Waals surface area contributed by atoms with Gasteiger partial charge in [0, 0.05) is 6.61 Å². The lowest BCUT2D eigenvalue weighted by molar-refractivity contribution is -0.141. The van der Waals surface area contributed by atoms with E-state index in [0.29, 0.717) is 17.8 Å². The number of hydrogen-bond acceptors (Lipinski definition) is 3. The lowest BCUT2D eigenvalue weighted by Crippen LogP contribution is -2.37. The van der Waals surface area contributed by atoms with Crippen LogP contribution in [0.4, 0.5) is 0 Å². The van der Waals surface area contributed by atoms with Crippen molar-refractivity contribution in [2.75, 3.05) is 6.61 Å². The van der Waals surface area contributed by atoms with Crippen molar-refractivity contribution in [1.29, 1.82) is 0 Å². The van der Waals surface area contributed by atoms with Gasteiger partial charge in [-0.2, -0.15) is 0 Å². The van der Waals surface area contributed by atoms with E-state index in [9.17, 15) is 4.79 Å². The van der Waals surface area contributed by atoms with E-state index in [1.54, 1.807) is 0 Å². The van der Waals surface area contributed by atoms with E-state index >= 15 is 0 Å². The number of hydrogen-bond donors (Lipinski definition) is 0. The zero-order chi connectivity index (χ0) is 16.9. The van der Waals surface area contributed by atoms with Gasteiger partial charge < -0.3 is 9.47 Å². The summed E-state index contributed by atoms with van der Waals surface area (Å²) in [5.41, 5.74) is 1.18. The lowest BCUT2D eigenvalue weighted by atomic mass is 9.67. The quantitative estimate of drug-likeness (QED) is 0.568. The number of carbonyl (C=O) groups excluding carboxylic acids is 1. The van der Waals surface area contributed by atoms with Crippen LogP contribution in [0.25, 0.3) is 0 Å². The largest absolute Gasteiger partial charge is 0.426 e. The minimum absolute atomic E-state index is 0.0401. The maximum absolute atomic E-state index is 12.5. The van der Waals surface area contributed by atoms with Crippen LogP contribution in [-0.2, 0) is 9.53 Å². The Morgan fingerprint density at radius 3 is 2.50 bits per heavy atom. The van der Waals surface area contributed by atoms with Crippen molar-refractivity contribution in [3.05, 3.63) is 29.8 Å². The van der Waals surface area contributed by atoms with E-state index in [1.165, 1.54) is 18.4 Å². The summed E-state index contributed by atoms with van der Waals surface area (Å²) in [5.74, 6) is 2.12. The molecule has 3 rings (SSSR count). The molecule has 0 spiro atoms. The highest BCUT2D eigenvalue weighted by Gasteiger charge is 2.38. The van der Waals surface area contributed by atoms with Crippen molar-refractivity contribution < 1.29 is 14.3 Å². The second-order valence-electron chi connectivity index (χ2n) is 7.57. The molecule has 2 aliphatic carbocycles. The van der Waals surface area contributed by atoms with Crippen LogP contribution in [0.3, 0.4) is 0 Å². The van der Waals surface area contributed by atoms with Gasteiger partial charge in [-0.1, -0.05) is 24.6 Å². The zero-order valence-electron chi connectivity index (χ0n) is 15.0. The van der Waals surface area contributed by atoms with Crippen molar-refractivity contribution in [3.63, 3.8) is 0 Å². The van der Waals surface area contributed by atoms with Crippen LogP contribution < -0.4 is 4.74 Å². The third-order valence-corrected chi connectivity index (χ3v) is 5.70. The Labute approximate surface area is 145 Å². The molecule has 0 amide bonds. The molecule has 2 aliphatic rings. The molecule has 0 aromatic heterocycles. The second kappa shape index (κ2) is 8.15. The van der Waals surface area contributed by atoms with Crippen molar-refractivity contribution in [2.45, 2.75) is 64.9 Å². The van der Waals surface area contributed by atoms with Crippen LogP contribution >= 0.6 is 0 Å². The number of rotatable bonds is 5. The third kappa shape index (κ3) is 4.38. The monoisotopic (exact) mass is 330 g/mol. The molecule has 0 aliphatic heterocycles. The van der Waals surface area contributed by atoms with Gasteiger partial charge in [0.05, 0.1) is 12.0 Å². The summed E-state index contributed by atoms with van der Waals surface area (Å²) in [6.45, 7) is 5.08. The summed E-state index contributed by atoms with van der Waals surface area (Å²) in [4.78, 5) is 12.5. The molecule has 2 fully saturated rings. The Kier molecular flexibility index (Phi) is 5.94. The first kappa shape index (κ1) is 17.5. The van der Waals surface area contributed by atoms with Crippen molar-refractivity contribution >= 4 is 5.97 Å². The Bertz CT molecular complexity index is 537. The second-order valence-corrected chi connectivity index (χ2v) is 7.57. The van der Waals surface area contributed by atoms with E-state index in [0.717, 1.165) is 44.6 Å². The minimum atomic E-state index is -0.0401. The van der Waals surface area contributed by atoms with Crippen LogP contribution in [0.1, 0.15) is 57.4 Å². The Morgan fingerprint density at radius 1 is 1.04 bits per heavy atom. The molecule has 1 aromatic rings. The van der Waals surface area contributed by atoms with Gasteiger partial charge in [0.15, 0.2) is 0 Å². The molecule has 2 saturated carbocycles. The predicted octanol–water partition coefficient (Wildman–Crippen LogP) is 4.91. The molecule has 24 heavy (non-hydrogen) atoms. The molecular weight excluding hydrogens is 300 g/mol. The number of esters is 1. The van der Waals surface area contributed by atoms with E-state index in [1.807, 2.05) is 31.2 Å². The van der Waals surface area contributed by atoms with Crippen molar-refractivity contribution in [2.24, 2.45) is 17.8 Å². The van der Waals surface area contributed by atoms with Crippen LogP contribution in [0.5, 0.6) is 5.75 Å². The van der Waals surface area contributed by atoms with Gasteiger partial charge in [0.2, 0.25) is 0 Å². The Balaban J connectivity index is 1.50. The van der Waals surface area contributed by atoms with E-state index in [-0.39, 0.29) is 11.9 Å². The number of fused-ring (bicyclic) bond motifs is 1. The molecule has 4 atom stereocenters. The molecule has 3 nitrogen and oxygen atoms in total. The highest BCUT2D eigenvalue weighted by Crippen LogP contribution is 2.43. The van der Waals surface area contributed by atoms with Crippen LogP contribution in [-0.4, -0.2) is 18.7 Å². The summed E-state index contributed by atoms with van der Waals surface area (Å²) < 4.78 is 11.6. The van der Waals surface area contributed by atoms with Gasteiger partial charge in [-0.05, 0) is 75.8 Å². The lowest BCUT2D eigenvalue weighted by Gasteiger charge is -2.41. The topological polar surface area (TPSA) is 35.5 Å². The molecule has 0 radical (unpaired) electrons. The molecule has 0 N–H and O–H groups in total. The average molecular weight is 330 g/mol. The van der Waals surface area contributed by atoms with Gasteiger partial charge in [-0.25, -0.2) is 0 Å². The normalized spacial score (nSPS) is 29.8. The predicted molar refractivity (Wildman–Crippen MR) is 95.0 cm³/mol. The molecular formula is C21H30O3. The fraction of sp³-hybridized carbons (Fsp3) is 0.667. The molecule has 0 heterocycles. The first-order valence-corrected chi connectivity index (χ1v) is 9.55. The van der Waals surface area contributed by atoms with E-state index in [4.69, 9.17) is 9.47 Å². The van der Waals surface area contributed by atoms with Gasteiger partial charge in [-0.3, -0.25) is 4.79 Å². The van der Waals surface area contributed by atoms with Gasteiger partial charge >= 0.3 is 5.97 Å². The number of aryl methyl sites for hydroxylation is 1. The van der Waals surface area contributed by atoms with Crippen molar-refractivity contribution in [1.82, 2.24) is 0 Å². The molecule has 1 aromatic carbocycles. The summed E-state index contributed by atoms with van der Waals surface area (Å²) in [5, 5.41) is 0. The molecule has 3 heteroatoms. The van der Waals surface area contributed by atoms with Crippen LogP contribution in [0.15, 0.2) is 24.3 Å². The highest BCUT2D eigenvalue weighted by atomic mass is 16.5. The van der Waals surface area contributed by atoms with Gasteiger partial charge in [0.1, 0.15) is 5.75 Å². The fourth-order valence-corrected chi connectivity index (χ4v) is 4.30. The van der Waals surface area contributed by atoms with E-state index < -0.39 is 0 Å². The maximum atomic E-state index is 12.5. The number of carbonyl (C=O) groups is 1. The molecule has 0 saturated heterocycles. The molecule has 4 unspecified atom stereocenters. The maximum Gasteiger partial charge on any atom is 0.314 e. The first-order valence-electron chi connectivity index (χ1n) is 9.55. The Morgan fingerprint density at radius 2 is 1.75 bits per heavy atom. The number of benzene rings is 1. The Hall–Kier alpha value is -1.35. The standard InChI is InChI=1S/C21H30O3/c1-3-12-23-20-11-8-16-13-18(7-6-17(16)14-20)21(22)24-19-9-4-15(2)5-10-19/h4-5,9-10,16-18,20H,3,6-8,11-14H2,1-2H3. The summed E-state index contributed by atoms with van der Waals surface area (Å²) in [7, 11) is 0. The van der Waals surface area contributed by atoms with E-state index in [2.05, 4.69) is 6.92 Å². The highest BCUT2D eigenvalue weighted by molar-refractivity contribution is 5.75.